The molecule has 2 N–H and O–H groups in total. The molecule has 70 valence electrons. The Kier molecular flexibility index (Phi) is 2.14. The summed E-state index contributed by atoms with van der Waals surface area (Å²) in [5.74, 6) is -0.610. The maximum absolute atomic E-state index is 12.8. The van der Waals surface area contributed by atoms with Crippen molar-refractivity contribution in [3.63, 3.8) is 0 Å². The number of rotatable bonds is 1. The van der Waals surface area contributed by atoms with Crippen LogP contribution in [0.5, 0.6) is 5.75 Å². The molecule has 1 saturated heterocycles. The summed E-state index contributed by atoms with van der Waals surface area (Å²) in [6.45, 7) is 0.930. The van der Waals surface area contributed by atoms with Gasteiger partial charge in [0.05, 0.1) is 5.02 Å². The summed E-state index contributed by atoms with van der Waals surface area (Å²) >= 11 is 5.60. The third kappa shape index (κ3) is 1.49. The number of halogens is 2. The van der Waals surface area contributed by atoms with Crippen molar-refractivity contribution < 1.29 is 9.50 Å². The smallest absolute Gasteiger partial charge is 0.145 e. The molecule has 1 heterocycles. The predicted molar refractivity (Wildman–Crippen MR) is 48.4 cm³/mol. The van der Waals surface area contributed by atoms with Crippen LogP contribution < -0.4 is 5.32 Å². The largest absolute Gasteiger partial charge is 0.508 e. The maximum atomic E-state index is 12.8. The van der Waals surface area contributed by atoms with Gasteiger partial charge in [-0.25, -0.2) is 4.39 Å². The third-order valence-electron chi connectivity index (χ3n) is 2.27. The molecule has 0 bridgehead atoms. The highest BCUT2D eigenvalue weighted by atomic mass is 35.5. The van der Waals surface area contributed by atoms with Gasteiger partial charge in [-0.2, -0.15) is 0 Å². The SMILES string of the molecule is Oc1cc(F)c(Cl)cc1[C@@H]1CCN1. The zero-order valence-corrected chi connectivity index (χ0v) is 7.61. The van der Waals surface area contributed by atoms with E-state index in [4.69, 9.17) is 11.6 Å². The van der Waals surface area contributed by atoms with Crippen LogP contribution in [-0.2, 0) is 0 Å². The van der Waals surface area contributed by atoms with Crippen molar-refractivity contribution in [1.29, 1.82) is 0 Å². The van der Waals surface area contributed by atoms with Crippen LogP contribution in [0.1, 0.15) is 18.0 Å². The molecule has 0 unspecified atom stereocenters. The fourth-order valence-corrected chi connectivity index (χ4v) is 1.56. The van der Waals surface area contributed by atoms with Gasteiger partial charge in [-0.15, -0.1) is 0 Å². The minimum Gasteiger partial charge on any atom is -0.508 e. The summed E-state index contributed by atoms with van der Waals surface area (Å²) in [5, 5.41) is 12.6. The van der Waals surface area contributed by atoms with Gasteiger partial charge >= 0.3 is 0 Å². The van der Waals surface area contributed by atoms with Crippen LogP contribution in [-0.4, -0.2) is 11.7 Å². The first-order valence-electron chi connectivity index (χ1n) is 4.10. The van der Waals surface area contributed by atoms with Crippen LogP contribution >= 0.6 is 11.6 Å². The molecule has 1 aliphatic rings. The van der Waals surface area contributed by atoms with E-state index in [0.717, 1.165) is 19.0 Å². The first kappa shape index (κ1) is 8.78. The van der Waals surface area contributed by atoms with Crippen molar-refractivity contribution in [2.24, 2.45) is 0 Å². The molecule has 2 rings (SSSR count). The average Bonchev–Trinajstić information content (AvgIpc) is 1.96. The summed E-state index contributed by atoms with van der Waals surface area (Å²) in [7, 11) is 0. The van der Waals surface area contributed by atoms with E-state index in [1.807, 2.05) is 0 Å². The van der Waals surface area contributed by atoms with E-state index < -0.39 is 5.82 Å². The van der Waals surface area contributed by atoms with Gasteiger partial charge in [0, 0.05) is 17.7 Å². The van der Waals surface area contributed by atoms with Gasteiger partial charge in [-0.05, 0) is 19.0 Å². The summed E-state index contributed by atoms with van der Waals surface area (Å²) in [6, 6.07) is 2.65. The van der Waals surface area contributed by atoms with Crippen molar-refractivity contribution >= 4 is 11.6 Å². The zero-order valence-electron chi connectivity index (χ0n) is 6.85. The summed E-state index contributed by atoms with van der Waals surface area (Å²) in [5.41, 5.74) is 0.678. The number of aromatic hydroxyl groups is 1. The third-order valence-corrected chi connectivity index (χ3v) is 2.56. The highest BCUT2D eigenvalue weighted by molar-refractivity contribution is 6.30. The van der Waals surface area contributed by atoms with Crippen molar-refractivity contribution in [1.82, 2.24) is 5.32 Å². The number of phenolic OH excluding ortho intramolecular Hbond substituents is 1. The van der Waals surface area contributed by atoms with Crippen molar-refractivity contribution in [2.45, 2.75) is 12.5 Å². The molecular weight excluding hydrogens is 193 g/mol. The van der Waals surface area contributed by atoms with E-state index in [1.54, 1.807) is 0 Å². The fourth-order valence-electron chi connectivity index (χ4n) is 1.38. The Hall–Kier alpha value is -0.800. The van der Waals surface area contributed by atoms with Crippen LogP contribution in [0, 0.1) is 5.82 Å². The molecule has 0 aromatic heterocycles. The minimum absolute atomic E-state index is 0.0286. The molecule has 1 aliphatic heterocycles. The van der Waals surface area contributed by atoms with Crippen molar-refractivity contribution in [2.75, 3.05) is 6.54 Å². The second-order valence-corrected chi connectivity index (χ2v) is 3.53. The van der Waals surface area contributed by atoms with Crippen LogP contribution in [0.3, 0.4) is 0 Å². The van der Waals surface area contributed by atoms with E-state index in [1.165, 1.54) is 6.07 Å². The topological polar surface area (TPSA) is 32.3 Å². The second kappa shape index (κ2) is 3.16. The molecule has 0 spiro atoms. The molecule has 0 amide bonds. The molecular formula is C9H9ClFNO. The zero-order chi connectivity index (χ0) is 9.42. The highest BCUT2D eigenvalue weighted by Gasteiger charge is 2.22. The quantitative estimate of drug-likeness (QED) is 0.730. The first-order valence-corrected chi connectivity index (χ1v) is 4.47. The molecule has 1 aromatic carbocycles. The monoisotopic (exact) mass is 201 g/mol. The normalized spacial score (nSPS) is 21.2. The lowest BCUT2D eigenvalue weighted by Crippen LogP contribution is -2.34. The molecule has 1 aromatic rings. The lowest BCUT2D eigenvalue weighted by atomic mass is 9.97. The molecule has 13 heavy (non-hydrogen) atoms. The maximum Gasteiger partial charge on any atom is 0.145 e. The second-order valence-electron chi connectivity index (χ2n) is 3.12. The number of nitrogens with one attached hydrogen (secondary N) is 1. The number of phenols is 1. The number of benzene rings is 1. The molecule has 1 fully saturated rings. The number of hydrogen-bond donors (Lipinski definition) is 2. The first-order chi connectivity index (χ1) is 6.18. The molecule has 4 heteroatoms. The molecule has 0 aliphatic carbocycles. The Balaban J connectivity index is 2.39. The Labute approximate surface area is 80.3 Å². The van der Waals surface area contributed by atoms with Gasteiger partial charge in [0.15, 0.2) is 0 Å². The molecule has 0 radical (unpaired) electrons. The summed E-state index contributed by atoms with van der Waals surface area (Å²) < 4.78 is 12.8. The lowest BCUT2D eigenvalue weighted by Gasteiger charge is -2.28. The summed E-state index contributed by atoms with van der Waals surface area (Å²) in [6.07, 6.45) is 0.954. The van der Waals surface area contributed by atoms with E-state index in [9.17, 15) is 9.50 Å². The van der Waals surface area contributed by atoms with E-state index in [-0.39, 0.29) is 16.8 Å². The van der Waals surface area contributed by atoms with Gasteiger partial charge in [0.25, 0.3) is 0 Å². The highest BCUT2D eigenvalue weighted by Crippen LogP contribution is 2.33. The van der Waals surface area contributed by atoms with Crippen LogP contribution in [0.25, 0.3) is 0 Å². The molecule has 2 nitrogen and oxygen atoms in total. The van der Waals surface area contributed by atoms with E-state index in [0.29, 0.717) is 5.56 Å². The Morgan fingerprint density at radius 1 is 1.54 bits per heavy atom. The van der Waals surface area contributed by atoms with Crippen molar-refractivity contribution in [3.8, 4) is 5.75 Å². The average molecular weight is 202 g/mol. The standard InChI is InChI=1S/C9H9ClFNO/c10-6-3-5(8-1-2-12-8)9(13)4-7(6)11/h3-4,8,12-13H,1-2H2/t8-/m0/s1. The predicted octanol–water partition coefficient (Wildman–Crippen LogP) is 2.22. The number of hydrogen-bond acceptors (Lipinski definition) is 2. The van der Waals surface area contributed by atoms with Crippen LogP contribution in [0.15, 0.2) is 12.1 Å². The van der Waals surface area contributed by atoms with Crippen molar-refractivity contribution in [3.05, 3.63) is 28.5 Å². The van der Waals surface area contributed by atoms with E-state index in [2.05, 4.69) is 5.32 Å². The Morgan fingerprint density at radius 2 is 2.23 bits per heavy atom. The van der Waals surface area contributed by atoms with Gasteiger partial charge in [0.2, 0.25) is 0 Å². The van der Waals surface area contributed by atoms with Crippen LogP contribution in [0.2, 0.25) is 5.02 Å². The summed E-state index contributed by atoms with van der Waals surface area (Å²) in [4.78, 5) is 0. The lowest BCUT2D eigenvalue weighted by molar-refractivity contribution is 0.363. The van der Waals surface area contributed by atoms with Gasteiger partial charge in [-0.1, -0.05) is 11.6 Å². The van der Waals surface area contributed by atoms with Gasteiger partial charge in [-0.3, -0.25) is 0 Å². The van der Waals surface area contributed by atoms with Gasteiger partial charge < -0.3 is 10.4 Å². The van der Waals surface area contributed by atoms with Gasteiger partial charge in [0.1, 0.15) is 11.6 Å². The minimum atomic E-state index is -0.581. The molecule has 1 atom stereocenters. The Morgan fingerprint density at radius 3 is 2.77 bits per heavy atom. The van der Waals surface area contributed by atoms with Crippen LogP contribution in [0.4, 0.5) is 4.39 Å². The fraction of sp³-hybridized carbons (Fsp3) is 0.333. The Bertz CT molecular complexity index is 339. The van der Waals surface area contributed by atoms with E-state index >= 15 is 0 Å². The molecule has 0 saturated carbocycles.